The maximum atomic E-state index is 14.8. The highest BCUT2D eigenvalue weighted by atomic mass is 16.3. The number of hydrogen-bond donors (Lipinski definition) is 17. The first kappa shape index (κ1) is 62.4. The molecule has 0 aliphatic heterocycles. The third kappa shape index (κ3) is 21.8. The first-order valence-electron chi connectivity index (χ1n) is 25.8. The van der Waals surface area contributed by atoms with Crippen LogP contribution in [-0.2, 0) is 52.8 Å². The Bertz CT molecular complexity index is 2760. The molecule has 0 saturated carbocycles. The summed E-state index contributed by atoms with van der Waals surface area (Å²) < 4.78 is 0. The number of hydrogen-bond acceptors (Lipinski definition) is 13. The van der Waals surface area contributed by atoms with Gasteiger partial charge in [0, 0.05) is 56.0 Å². The van der Waals surface area contributed by atoms with Crippen LogP contribution in [0, 0.1) is 0 Å². The summed E-state index contributed by atoms with van der Waals surface area (Å²) in [6, 6.07) is 9.77. The number of aromatic hydroxyl groups is 2. The minimum absolute atomic E-state index is 0.0218. The van der Waals surface area contributed by atoms with E-state index in [4.69, 9.17) is 45.9 Å². The number of aromatic amines is 1. The topological polar surface area (TPSA) is 493 Å². The van der Waals surface area contributed by atoms with Gasteiger partial charge in [0.15, 0.2) is 17.9 Å². The van der Waals surface area contributed by atoms with Crippen LogP contribution in [0.25, 0.3) is 10.9 Å². The number of guanidine groups is 3. The summed E-state index contributed by atoms with van der Waals surface area (Å²) in [5, 5.41) is 37.2. The van der Waals surface area contributed by atoms with Gasteiger partial charge in [-0.05, 0) is 92.0 Å². The highest BCUT2D eigenvalue weighted by Gasteiger charge is 2.34. The predicted octanol–water partition coefficient (Wildman–Crippen LogP) is -2.71. The number of para-hydroxylation sites is 1. The smallest absolute Gasteiger partial charge is 0.243 e. The first-order valence-corrected chi connectivity index (χ1v) is 25.8. The van der Waals surface area contributed by atoms with E-state index >= 15 is 0 Å². The Morgan fingerprint density at radius 3 is 1.27 bits per heavy atom. The summed E-state index contributed by atoms with van der Waals surface area (Å²) in [4.78, 5) is 114. The van der Waals surface area contributed by atoms with E-state index in [-0.39, 0.29) is 107 Å². The molecular weight excluding hydrogens is 1020 g/mol. The van der Waals surface area contributed by atoms with Crippen LogP contribution >= 0.6 is 0 Å². The number of phenols is 2. The van der Waals surface area contributed by atoms with E-state index < -0.39 is 83.6 Å². The zero-order valence-electron chi connectivity index (χ0n) is 44.2. The number of rotatable bonds is 33. The number of nitrogens with zero attached hydrogens (tertiary/aromatic N) is 3. The summed E-state index contributed by atoms with van der Waals surface area (Å²) in [5.41, 5.74) is 47.2. The molecule has 4 rings (SSSR count). The maximum absolute atomic E-state index is 14.8. The Hall–Kier alpha value is -9.14. The molecule has 7 atom stereocenters. The van der Waals surface area contributed by atoms with Crippen molar-refractivity contribution in [3.63, 3.8) is 0 Å². The van der Waals surface area contributed by atoms with Crippen molar-refractivity contribution in [3.05, 3.63) is 95.7 Å². The van der Waals surface area contributed by atoms with Crippen molar-refractivity contribution in [1.29, 1.82) is 0 Å². The molecule has 0 unspecified atom stereocenters. The molecule has 0 fully saturated rings. The van der Waals surface area contributed by atoms with Crippen LogP contribution in [0.2, 0.25) is 0 Å². The van der Waals surface area contributed by atoms with Crippen LogP contribution in [0.4, 0.5) is 0 Å². The van der Waals surface area contributed by atoms with E-state index in [1.807, 2.05) is 25.1 Å². The number of carbonyl (C=O) groups excluding carboxylic acids is 7. The molecule has 428 valence electrons. The minimum atomic E-state index is -1.49. The molecule has 4 aromatic rings. The summed E-state index contributed by atoms with van der Waals surface area (Å²) in [6.45, 7) is 2.11. The Morgan fingerprint density at radius 1 is 0.481 bits per heavy atom. The number of nitrogens with two attached hydrogens (primary N) is 8. The number of primary amides is 1. The fraction of sp³-hybridized carbons (Fsp3) is 0.423. The molecule has 0 saturated heterocycles. The van der Waals surface area contributed by atoms with Gasteiger partial charge in [-0.2, -0.15) is 0 Å². The number of aliphatic imine (C=N–C) groups is 3. The zero-order valence-corrected chi connectivity index (χ0v) is 44.2. The third-order valence-corrected chi connectivity index (χ3v) is 12.4. The van der Waals surface area contributed by atoms with Gasteiger partial charge < -0.3 is 93.0 Å². The highest BCUT2D eigenvalue weighted by Crippen LogP contribution is 2.20. The van der Waals surface area contributed by atoms with Crippen LogP contribution < -0.4 is 77.8 Å². The Labute approximate surface area is 457 Å². The van der Waals surface area contributed by atoms with Gasteiger partial charge in [0.1, 0.15) is 47.8 Å². The van der Waals surface area contributed by atoms with Crippen LogP contribution in [0.1, 0.15) is 75.0 Å². The molecule has 0 bridgehead atoms. The second kappa shape index (κ2) is 31.8. The number of phenolic OH excluding ortho intramolecular Hbond substituents is 2. The van der Waals surface area contributed by atoms with E-state index in [0.29, 0.717) is 29.5 Å². The van der Waals surface area contributed by atoms with Crippen molar-refractivity contribution in [2.45, 2.75) is 120 Å². The molecule has 7 amide bonds. The molecular formula is C52H76N18O9. The number of aromatic nitrogens is 1. The molecule has 27 heteroatoms. The van der Waals surface area contributed by atoms with E-state index in [1.165, 1.54) is 48.5 Å². The fourth-order valence-electron chi connectivity index (χ4n) is 8.30. The molecule has 79 heavy (non-hydrogen) atoms. The molecule has 1 heterocycles. The normalized spacial score (nSPS) is 13.6. The van der Waals surface area contributed by atoms with Gasteiger partial charge in [-0.25, -0.2) is 0 Å². The number of carbonyl (C=O) groups is 7. The van der Waals surface area contributed by atoms with E-state index in [2.05, 4.69) is 51.9 Å². The number of benzene rings is 3. The van der Waals surface area contributed by atoms with E-state index in [1.54, 1.807) is 12.3 Å². The third-order valence-electron chi connectivity index (χ3n) is 12.4. The van der Waals surface area contributed by atoms with Gasteiger partial charge >= 0.3 is 0 Å². The molecule has 1 aromatic heterocycles. The number of nitrogens with one attached hydrogen (secondary N) is 7. The summed E-state index contributed by atoms with van der Waals surface area (Å²) in [7, 11) is 0. The van der Waals surface area contributed by atoms with Crippen molar-refractivity contribution >= 4 is 70.1 Å². The van der Waals surface area contributed by atoms with Crippen molar-refractivity contribution in [2.75, 3.05) is 19.6 Å². The Morgan fingerprint density at radius 2 is 0.848 bits per heavy atom. The van der Waals surface area contributed by atoms with Gasteiger partial charge in [0.25, 0.3) is 0 Å². The molecule has 0 aliphatic carbocycles. The predicted molar refractivity (Wildman–Crippen MR) is 299 cm³/mol. The molecule has 0 aliphatic rings. The summed E-state index contributed by atoms with van der Waals surface area (Å²) in [5.74, 6) is -6.37. The lowest BCUT2D eigenvalue weighted by Crippen LogP contribution is -2.60. The van der Waals surface area contributed by atoms with Crippen LogP contribution in [0.3, 0.4) is 0 Å². The van der Waals surface area contributed by atoms with E-state index in [0.717, 1.165) is 10.9 Å². The number of H-pyrrole nitrogens is 1. The number of fused-ring (bicyclic) bond motifs is 1. The van der Waals surface area contributed by atoms with Gasteiger partial charge in [-0.15, -0.1) is 0 Å². The summed E-state index contributed by atoms with van der Waals surface area (Å²) in [6.07, 6.45) is 2.66. The van der Waals surface area contributed by atoms with Gasteiger partial charge in [-0.3, -0.25) is 48.5 Å². The van der Waals surface area contributed by atoms with Gasteiger partial charge in [-0.1, -0.05) is 55.8 Å². The lowest BCUT2D eigenvalue weighted by Gasteiger charge is -2.28. The lowest BCUT2D eigenvalue weighted by atomic mass is 10.0. The zero-order chi connectivity index (χ0) is 58.0. The molecule has 0 radical (unpaired) electrons. The maximum Gasteiger partial charge on any atom is 0.243 e. The second-order valence-electron chi connectivity index (χ2n) is 18.8. The lowest BCUT2D eigenvalue weighted by molar-refractivity contribution is -0.135. The minimum Gasteiger partial charge on any atom is -0.508 e. The van der Waals surface area contributed by atoms with Crippen LogP contribution in [-0.4, -0.2) is 136 Å². The summed E-state index contributed by atoms with van der Waals surface area (Å²) >= 11 is 0. The molecule has 0 spiro atoms. The largest absolute Gasteiger partial charge is 0.508 e. The Balaban J connectivity index is 1.72. The first-order chi connectivity index (χ1) is 37.6. The average Bonchev–Trinajstić information content (AvgIpc) is 3.91. The molecule has 25 N–H and O–H groups in total. The number of amides is 7. The second-order valence-corrected chi connectivity index (χ2v) is 18.8. The highest BCUT2D eigenvalue weighted by molar-refractivity contribution is 5.98. The van der Waals surface area contributed by atoms with Crippen molar-refractivity contribution in [3.8, 4) is 11.5 Å². The standard InChI is InChI=1S/C52H76N18O9/c1-2-8-35(53)44(74)66-38(12-6-23-62-51(57)58)45(75)68-41(26-30-16-20-33(72)21-17-30)48(78)69-40(25-29-14-18-32(71)19-15-29)47(77)67-39(13-7-24-63-52(59)60)46(76)70-42(27-31-28-64-36-10-4-3-9-34(31)36)49(79)65-37(43(54)73)11-5-22-61-50(55)56/h3-4,9-10,14-21,28,35,37-42,64,71-72H,2,5-8,11-13,22-27,53H2,1H3,(H2,54,73)(H,65,79)(H,66,74)(H,67,77)(H,68,75)(H,69,78)(H,70,76)(H4,55,56,61)(H4,57,58,62)(H4,59,60,63)/t35-,37-,38-,39-,40-,41-,42-/m0/s1. The van der Waals surface area contributed by atoms with E-state index in [9.17, 15) is 43.8 Å². The van der Waals surface area contributed by atoms with Crippen molar-refractivity contribution in [1.82, 2.24) is 36.9 Å². The quantitative estimate of drug-likeness (QED) is 0.0131. The molecule has 3 aromatic carbocycles. The average molecular weight is 1100 g/mol. The fourth-order valence-corrected chi connectivity index (χ4v) is 8.30. The van der Waals surface area contributed by atoms with Gasteiger partial charge in [0.05, 0.1) is 6.04 Å². The van der Waals surface area contributed by atoms with Crippen molar-refractivity contribution < 1.29 is 43.8 Å². The van der Waals surface area contributed by atoms with Crippen molar-refractivity contribution in [2.24, 2.45) is 60.8 Å². The molecule has 27 nitrogen and oxygen atoms in total. The van der Waals surface area contributed by atoms with Gasteiger partial charge in [0.2, 0.25) is 41.4 Å². The SMILES string of the molecule is CCC[C@H](N)C(=O)N[C@@H](CCCN=C(N)N)C(=O)N[C@@H](Cc1ccc(O)cc1)C(=O)N[C@@H](Cc1ccc(O)cc1)C(=O)N[C@@H](CCCN=C(N)N)C(=O)N[C@@H](Cc1c[nH]c2ccccc12)C(=O)N[C@@H](CCCN=C(N)N)C(N)=O. The van der Waals surface area contributed by atoms with Crippen LogP contribution in [0.15, 0.2) is 94.0 Å². The Kier molecular flexibility index (Phi) is 25.1. The monoisotopic (exact) mass is 1100 g/mol. The van der Waals surface area contributed by atoms with Crippen LogP contribution in [0.5, 0.6) is 11.5 Å².